The van der Waals surface area contributed by atoms with Crippen molar-refractivity contribution >= 4 is 53.0 Å². The number of amides is 5. The summed E-state index contributed by atoms with van der Waals surface area (Å²) in [6.45, 7) is 9.66. The Kier molecular flexibility index (Phi) is 15.5. The third-order valence-electron chi connectivity index (χ3n) is 13.0. The molecule has 5 amide bonds. The number of aromatic amines is 1. The number of methoxy groups -OCH3 is 2. The molecule has 0 saturated carbocycles. The number of hydrogen-bond acceptors (Lipinski definition) is 12. The van der Waals surface area contributed by atoms with Gasteiger partial charge in [0.25, 0.3) is 5.91 Å². The fraction of sp³-hybridized carbons (Fsp3) is 0.479. The molecule has 4 aromatic rings. The van der Waals surface area contributed by atoms with Crippen LogP contribution in [0.3, 0.4) is 0 Å². The van der Waals surface area contributed by atoms with E-state index in [0.29, 0.717) is 79.7 Å². The predicted molar refractivity (Wildman–Crippen MR) is 253 cm³/mol. The van der Waals surface area contributed by atoms with Gasteiger partial charge in [-0.2, -0.15) is 11.8 Å². The summed E-state index contributed by atoms with van der Waals surface area (Å²) in [6, 6.07) is 12.6. The highest BCUT2D eigenvalue weighted by atomic mass is 32.2. The van der Waals surface area contributed by atoms with Crippen molar-refractivity contribution < 1.29 is 51.4 Å². The predicted octanol–water partition coefficient (Wildman–Crippen LogP) is 6.74. The monoisotopic (exact) mass is 977 g/mol. The molecule has 370 valence electrons. The quantitative estimate of drug-likeness (QED) is 0.121. The SMILES string of the molecule is COCC(=O)N1CCCC1(C)C(=O)N1CCN(c2ccc(NC(=O)c3ccc(-c4ccc(-c5cnc(C6CC(SC)CN6C(=O)C(NC(=O)OC)C(C)C)[nH]5)cc4)c(OC(F)(F)F)c3)cn2)C(C)C1. The minimum Gasteiger partial charge on any atom is -0.453 e. The molecule has 69 heavy (non-hydrogen) atoms. The second kappa shape index (κ2) is 21.1. The second-order valence-corrected chi connectivity index (χ2v) is 19.1. The molecule has 21 heteroatoms. The molecular weight excluding hydrogens is 920 g/mol. The van der Waals surface area contributed by atoms with Crippen molar-refractivity contribution in [1.82, 2.24) is 35.0 Å². The maximum Gasteiger partial charge on any atom is 0.573 e. The summed E-state index contributed by atoms with van der Waals surface area (Å²) in [5, 5.41) is 5.50. The topological polar surface area (TPSA) is 192 Å². The highest BCUT2D eigenvalue weighted by molar-refractivity contribution is 7.99. The average molecular weight is 978 g/mol. The normalized spacial score (nSPS) is 21.1. The number of piperazine rings is 1. The second-order valence-electron chi connectivity index (χ2n) is 18.0. The smallest absolute Gasteiger partial charge is 0.453 e. The number of alkyl halides is 3. The number of imidazole rings is 1. The zero-order chi connectivity index (χ0) is 49.8. The van der Waals surface area contributed by atoms with E-state index in [1.807, 2.05) is 38.9 Å². The minimum absolute atomic E-state index is 0.0829. The molecule has 0 spiro atoms. The zero-order valence-corrected chi connectivity index (χ0v) is 40.4. The van der Waals surface area contributed by atoms with Gasteiger partial charge in [-0.15, -0.1) is 13.2 Å². The van der Waals surface area contributed by atoms with Crippen LogP contribution in [0.2, 0.25) is 0 Å². The fourth-order valence-electron chi connectivity index (χ4n) is 9.39. The Balaban J connectivity index is 1.01. The van der Waals surface area contributed by atoms with Gasteiger partial charge in [-0.1, -0.05) is 38.1 Å². The number of hydrogen-bond donors (Lipinski definition) is 3. The number of carbonyl (C=O) groups is 5. The van der Waals surface area contributed by atoms with Crippen molar-refractivity contribution in [2.75, 3.05) is 70.0 Å². The number of halogens is 3. The van der Waals surface area contributed by atoms with Gasteiger partial charge in [0, 0.05) is 62.3 Å². The number of pyridine rings is 1. The Morgan fingerprint density at radius 1 is 0.957 bits per heavy atom. The number of H-pyrrole nitrogens is 1. The molecule has 3 N–H and O–H groups in total. The molecule has 3 saturated heterocycles. The fourth-order valence-corrected chi connectivity index (χ4v) is 10.1. The van der Waals surface area contributed by atoms with Gasteiger partial charge in [-0.3, -0.25) is 19.2 Å². The number of nitrogens with zero attached hydrogens (tertiary/aromatic N) is 6. The molecule has 3 aliphatic heterocycles. The van der Waals surface area contributed by atoms with Crippen LogP contribution in [0.4, 0.5) is 29.5 Å². The maximum atomic E-state index is 13.8. The molecule has 0 bridgehead atoms. The van der Waals surface area contributed by atoms with E-state index in [4.69, 9.17) is 9.47 Å². The first-order chi connectivity index (χ1) is 32.8. The van der Waals surface area contributed by atoms with Crippen LogP contribution in [0, 0.1) is 5.92 Å². The number of rotatable bonds is 14. The first kappa shape index (κ1) is 50.5. The van der Waals surface area contributed by atoms with Crippen molar-refractivity contribution in [3.8, 4) is 28.1 Å². The number of likely N-dealkylation sites (tertiary alicyclic amines) is 2. The van der Waals surface area contributed by atoms with Gasteiger partial charge in [-0.05, 0) is 86.7 Å². The van der Waals surface area contributed by atoms with Crippen molar-refractivity contribution in [3.63, 3.8) is 0 Å². The molecule has 3 fully saturated rings. The Hall–Kier alpha value is -6.35. The van der Waals surface area contributed by atoms with Crippen LogP contribution in [0.15, 0.2) is 67.0 Å². The average Bonchev–Trinajstić information content (AvgIpc) is 4.09. The van der Waals surface area contributed by atoms with Crippen LogP contribution < -0.4 is 20.3 Å². The molecule has 3 aliphatic rings. The van der Waals surface area contributed by atoms with E-state index >= 15 is 0 Å². The molecule has 0 radical (unpaired) electrons. The molecule has 2 aromatic carbocycles. The van der Waals surface area contributed by atoms with Gasteiger partial charge < -0.3 is 49.4 Å². The first-order valence-electron chi connectivity index (χ1n) is 22.7. The van der Waals surface area contributed by atoms with E-state index in [0.717, 1.165) is 12.5 Å². The van der Waals surface area contributed by atoms with Gasteiger partial charge in [0.15, 0.2) is 0 Å². The molecule has 17 nitrogen and oxygen atoms in total. The number of alkyl carbamates (subject to hydrolysis) is 1. The molecule has 5 heterocycles. The number of anilines is 2. The third-order valence-corrected chi connectivity index (χ3v) is 14.1. The number of ether oxygens (including phenoxy) is 3. The Bertz CT molecular complexity index is 2510. The summed E-state index contributed by atoms with van der Waals surface area (Å²) in [5.74, 6) is -0.854. The summed E-state index contributed by atoms with van der Waals surface area (Å²) < 4.78 is 55.7. The van der Waals surface area contributed by atoms with E-state index in [1.165, 1.54) is 32.5 Å². The Morgan fingerprint density at radius 2 is 1.70 bits per heavy atom. The van der Waals surface area contributed by atoms with E-state index in [2.05, 4.69) is 30.3 Å². The maximum absolute atomic E-state index is 13.8. The van der Waals surface area contributed by atoms with Crippen molar-refractivity contribution in [2.45, 2.75) is 82.2 Å². The summed E-state index contributed by atoms with van der Waals surface area (Å²) in [4.78, 5) is 85.6. The van der Waals surface area contributed by atoms with Gasteiger partial charge >= 0.3 is 12.5 Å². The number of aromatic nitrogens is 3. The molecule has 0 aliphatic carbocycles. The molecular formula is C48H58F3N9O8S. The third kappa shape index (κ3) is 11.2. The van der Waals surface area contributed by atoms with Crippen LogP contribution in [0.1, 0.15) is 69.2 Å². The van der Waals surface area contributed by atoms with Crippen LogP contribution in [0.25, 0.3) is 22.4 Å². The van der Waals surface area contributed by atoms with Crippen LogP contribution >= 0.6 is 11.8 Å². The largest absolute Gasteiger partial charge is 0.573 e. The zero-order valence-electron chi connectivity index (χ0n) is 39.6. The van der Waals surface area contributed by atoms with Crippen molar-refractivity contribution in [3.05, 3.63) is 78.4 Å². The highest BCUT2D eigenvalue weighted by Crippen LogP contribution is 2.39. The summed E-state index contributed by atoms with van der Waals surface area (Å²) >= 11 is 1.64. The number of nitrogens with one attached hydrogen (secondary N) is 3. The van der Waals surface area contributed by atoms with Crippen molar-refractivity contribution in [2.24, 2.45) is 5.92 Å². The highest BCUT2D eigenvalue weighted by Gasteiger charge is 2.48. The lowest BCUT2D eigenvalue weighted by Crippen LogP contribution is -2.62. The molecule has 5 atom stereocenters. The van der Waals surface area contributed by atoms with E-state index < -0.39 is 41.7 Å². The van der Waals surface area contributed by atoms with Gasteiger partial charge in [0.2, 0.25) is 17.7 Å². The lowest BCUT2D eigenvalue weighted by Gasteiger charge is -2.44. The lowest BCUT2D eigenvalue weighted by molar-refractivity contribution is -0.274. The molecule has 2 aromatic heterocycles. The van der Waals surface area contributed by atoms with Crippen LogP contribution in [0.5, 0.6) is 5.75 Å². The molecule has 7 rings (SSSR count). The summed E-state index contributed by atoms with van der Waals surface area (Å²) in [7, 11) is 2.69. The Labute approximate surface area is 402 Å². The lowest BCUT2D eigenvalue weighted by atomic mass is 9.95. The first-order valence-corrected chi connectivity index (χ1v) is 24.0. The number of benzene rings is 2. The summed E-state index contributed by atoms with van der Waals surface area (Å²) in [6.07, 6.45) is 1.24. The van der Waals surface area contributed by atoms with E-state index in [1.54, 1.807) is 69.1 Å². The van der Waals surface area contributed by atoms with E-state index in [9.17, 15) is 37.1 Å². The van der Waals surface area contributed by atoms with Crippen LogP contribution in [-0.4, -0.2) is 148 Å². The van der Waals surface area contributed by atoms with Gasteiger partial charge in [0.05, 0.1) is 36.9 Å². The number of thioether (sulfide) groups is 1. The van der Waals surface area contributed by atoms with Gasteiger partial charge in [-0.25, -0.2) is 14.8 Å². The minimum atomic E-state index is -5.06. The van der Waals surface area contributed by atoms with Crippen LogP contribution in [-0.2, 0) is 23.9 Å². The standard InChI is InChI=1S/C48H58F3N9O8S/c1-28(2)41(56-46(65)67-6)44(63)59-26-34(69-7)22-37(59)42-53-24-36(55-42)31-11-9-30(10-12-31)35-15-13-32(21-38(35)68-48(49,50)51)43(62)54-33-14-16-39(52-23-33)58-20-19-57(25-29(58)3)45(64)47(4)17-8-18-60(47)40(61)27-66-5/h9-16,21,23-24,28-29,34,37,41H,8,17-20,22,25-27H2,1-7H3,(H,53,55)(H,54,62)(H,56,65). The summed E-state index contributed by atoms with van der Waals surface area (Å²) in [5.41, 5.74) is 1.08. The molecule has 5 unspecified atom stereocenters. The van der Waals surface area contributed by atoms with Crippen molar-refractivity contribution in [1.29, 1.82) is 0 Å². The van der Waals surface area contributed by atoms with Gasteiger partial charge in [0.1, 0.15) is 35.6 Å². The Morgan fingerprint density at radius 3 is 2.33 bits per heavy atom. The van der Waals surface area contributed by atoms with E-state index in [-0.39, 0.29) is 52.7 Å². The number of carbonyl (C=O) groups excluding carboxylic acids is 5.